The maximum absolute atomic E-state index is 12.9. The summed E-state index contributed by atoms with van der Waals surface area (Å²) in [6.45, 7) is 9.33. The minimum absolute atomic E-state index is 0.334. The van der Waals surface area contributed by atoms with E-state index < -0.39 is 0 Å². The first-order chi connectivity index (χ1) is 13.0. The second-order valence-electron chi connectivity index (χ2n) is 10.3. The van der Waals surface area contributed by atoms with E-state index in [2.05, 4.69) is 30.7 Å². The second-order valence-corrected chi connectivity index (χ2v) is 10.3. The van der Waals surface area contributed by atoms with Crippen LogP contribution in [-0.4, -0.2) is 48.9 Å². The van der Waals surface area contributed by atoms with E-state index in [4.69, 9.17) is 0 Å². The Bertz CT molecular complexity index is 439. The monoisotopic (exact) mass is 376 g/mol. The van der Waals surface area contributed by atoms with Gasteiger partial charge in [-0.2, -0.15) is 0 Å². The van der Waals surface area contributed by atoms with Crippen molar-refractivity contribution < 1.29 is 4.79 Å². The second kappa shape index (κ2) is 10.3. The number of rotatable bonds is 6. The van der Waals surface area contributed by atoms with Gasteiger partial charge in [-0.05, 0) is 95.2 Å². The van der Waals surface area contributed by atoms with Crippen LogP contribution in [0.5, 0.6) is 0 Å². The van der Waals surface area contributed by atoms with Crippen LogP contribution in [0, 0.1) is 29.6 Å². The fourth-order valence-corrected chi connectivity index (χ4v) is 5.78. The number of nitrogens with zero attached hydrogens (tertiary/aromatic N) is 2. The first-order valence-electron chi connectivity index (χ1n) is 12.0. The highest BCUT2D eigenvalue weighted by atomic mass is 16.2. The summed E-state index contributed by atoms with van der Waals surface area (Å²) < 4.78 is 0. The zero-order valence-corrected chi connectivity index (χ0v) is 18.3. The van der Waals surface area contributed by atoms with E-state index in [1.807, 2.05) is 0 Å². The SMILES string of the molecule is CC(C)C1CCC(C(=O)N2CCC(CCCC3CCN(C)CC3)CC2)CC1. The molecule has 3 heteroatoms. The number of carbonyl (C=O) groups excluding carboxylic acids is 1. The quantitative estimate of drug-likeness (QED) is 0.636. The Labute approximate surface area is 168 Å². The van der Waals surface area contributed by atoms with Crippen LogP contribution in [0.1, 0.15) is 84.5 Å². The van der Waals surface area contributed by atoms with Crippen molar-refractivity contribution in [1.29, 1.82) is 0 Å². The van der Waals surface area contributed by atoms with Gasteiger partial charge in [-0.3, -0.25) is 4.79 Å². The summed E-state index contributed by atoms with van der Waals surface area (Å²) in [5, 5.41) is 0. The molecule has 3 aliphatic rings. The smallest absolute Gasteiger partial charge is 0.225 e. The summed E-state index contributed by atoms with van der Waals surface area (Å²) in [5.41, 5.74) is 0. The Morgan fingerprint density at radius 2 is 1.33 bits per heavy atom. The van der Waals surface area contributed by atoms with Crippen molar-refractivity contribution in [1.82, 2.24) is 9.80 Å². The molecule has 3 nitrogen and oxygen atoms in total. The summed E-state index contributed by atoms with van der Waals surface area (Å²) in [6, 6.07) is 0. The lowest BCUT2D eigenvalue weighted by molar-refractivity contribution is -0.138. The number of carbonyl (C=O) groups is 1. The molecule has 1 aliphatic carbocycles. The standard InChI is InChI=1S/C24H44N2O/c1-19(2)22-7-9-23(10-8-22)24(27)26-17-13-21(14-18-26)6-4-5-20-11-15-25(3)16-12-20/h19-23H,4-18H2,1-3H3. The Hall–Kier alpha value is -0.570. The minimum atomic E-state index is 0.334. The Morgan fingerprint density at radius 3 is 1.85 bits per heavy atom. The lowest BCUT2D eigenvalue weighted by Crippen LogP contribution is -2.42. The fourth-order valence-electron chi connectivity index (χ4n) is 5.78. The van der Waals surface area contributed by atoms with Gasteiger partial charge in [-0.25, -0.2) is 0 Å². The van der Waals surface area contributed by atoms with E-state index in [1.165, 1.54) is 70.9 Å². The van der Waals surface area contributed by atoms with Gasteiger partial charge < -0.3 is 9.80 Å². The van der Waals surface area contributed by atoms with Crippen molar-refractivity contribution >= 4 is 5.91 Å². The van der Waals surface area contributed by atoms with Crippen molar-refractivity contribution in [2.75, 3.05) is 33.2 Å². The first-order valence-corrected chi connectivity index (χ1v) is 12.0. The molecule has 2 aliphatic heterocycles. The molecule has 0 aromatic heterocycles. The van der Waals surface area contributed by atoms with Gasteiger partial charge in [0.1, 0.15) is 0 Å². The summed E-state index contributed by atoms with van der Waals surface area (Å²) in [5.74, 6) is 4.31. The van der Waals surface area contributed by atoms with Crippen LogP contribution in [0.3, 0.4) is 0 Å². The summed E-state index contributed by atoms with van der Waals surface area (Å²) in [7, 11) is 2.25. The van der Waals surface area contributed by atoms with E-state index in [0.29, 0.717) is 11.8 Å². The van der Waals surface area contributed by atoms with Crippen LogP contribution in [-0.2, 0) is 4.79 Å². The molecule has 0 aromatic rings. The van der Waals surface area contributed by atoms with Crippen LogP contribution < -0.4 is 0 Å². The molecular formula is C24H44N2O. The molecule has 0 aromatic carbocycles. The molecule has 2 saturated heterocycles. The summed E-state index contributed by atoms with van der Waals surface area (Å²) in [4.78, 5) is 17.6. The molecule has 3 fully saturated rings. The number of likely N-dealkylation sites (tertiary alicyclic amines) is 2. The van der Waals surface area contributed by atoms with E-state index in [0.717, 1.165) is 49.6 Å². The van der Waals surface area contributed by atoms with Crippen LogP contribution in [0.4, 0.5) is 0 Å². The predicted octanol–water partition coefficient (Wildman–Crippen LogP) is 5.20. The molecule has 0 N–H and O–H groups in total. The molecule has 0 atom stereocenters. The van der Waals surface area contributed by atoms with E-state index in [9.17, 15) is 4.79 Å². The molecule has 0 bridgehead atoms. The molecular weight excluding hydrogens is 332 g/mol. The highest BCUT2D eigenvalue weighted by Crippen LogP contribution is 2.35. The van der Waals surface area contributed by atoms with Crippen LogP contribution in [0.25, 0.3) is 0 Å². The number of hydrogen-bond donors (Lipinski definition) is 0. The number of piperidine rings is 2. The third-order valence-electron chi connectivity index (χ3n) is 8.05. The molecule has 156 valence electrons. The molecule has 1 amide bonds. The van der Waals surface area contributed by atoms with Gasteiger partial charge in [0.05, 0.1) is 0 Å². The van der Waals surface area contributed by atoms with Crippen LogP contribution in [0.15, 0.2) is 0 Å². The average Bonchev–Trinajstić information content (AvgIpc) is 2.69. The lowest BCUT2D eigenvalue weighted by Gasteiger charge is -2.37. The largest absolute Gasteiger partial charge is 0.342 e. The molecule has 3 rings (SSSR count). The molecule has 1 saturated carbocycles. The van der Waals surface area contributed by atoms with Crippen LogP contribution >= 0.6 is 0 Å². The molecule has 27 heavy (non-hydrogen) atoms. The van der Waals surface area contributed by atoms with Gasteiger partial charge in [0, 0.05) is 19.0 Å². The maximum atomic E-state index is 12.9. The zero-order valence-electron chi connectivity index (χ0n) is 18.3. The Kier molecular flexibility index (Phi) is 8.05. The highest BCUT2D eigenvalue weighted by molar-refractivity contribution is 5.79. The van der Waals surface area contributed by atoms with Crippen molar-refractivity contribution in [2.45, 2.75) is 84.5 Å². The minimum Gasteiger partial charge on any atom is -0.342 e. The third kappa shape index (κ3) is 6.21. The van der Waals surface area contributed by atoms with Gasteiger partial charge >= 0.3 is 0 Å². The molecule has 0 spiro atoms. The van der Waals surface area contributed by atoms with E-state index in [-0.39, 0.29) is 0 Å². The van der Waals surface area contributed by atoms with Crippen molar-refractivity contribution in [3.05, 3.63) is 0 Å². The molecule has 0 radical (unpaired) electrons. The zero-order chi connectivity index (χ0) is 19.2. The number of amides is 1. The van der Waals surface area contributed by atoms with E-state index >= 15 is 0 Å². The lowest BCUT2D eigenvalue weighted by atomic mass is 9.76. The van der Waals surface area contributed by atoms with Gasteiger partial charge in [0.15, 0.2) is 0 Å². The number of hydrogen-bond acceptors (Lipinski definition) is 2. The normalized spacial score (nSPS) is 29.4. The Balaban J connectivity index is 1.30. The van der Waals surface area contributed by atoms with Crippen molar-refractivity contribution in [3.63, 3.8) is 0 Å². The first kappa shape index (κ1) is 21.1. The fraction of sp³-hybridized carbons (Fsp3) is 0.958. The highest BCUT2D eigenvalue weighted by Gasteiger charge is 2.32. The average molecular weight is 377 g/mol. The molecule has 0 unspecified atom stereocenters. The summed E-state index contributed by atoms with van der Waals surface area (Å²) in [6.07, 6.45) is 14.4. The Morgan fingerprint density at radius 1 is 0.815 bits per heavy atom. The van der Waals surface area contributed by atoms with Gasteiger partial charge in [0.25, 0.3) is 0 Å². The van der Waals surface area contributed by atoms with Crippen molar-refractivity contribution in [2.24, 2.45) is 29.6 Å². The summed E-state index contributed by atoms with van der Waals surface area (Å²) >= 11 is 0. The van der Waals surface area contributed by atoms with Gasteiger partial charge in [0.2, 0.25) is 5.91 Å². The third-order valence-corrected chi connectivity index (χ3v) is 8.05. The van der Waals surface area contributed by atoms with Crippen LogP contribution in [0.2, 0.25) is 0 Å². The maximum Gasteiger partial charge on any atom is 0.225 e. The van der Waals surface area contributed by atoms with E-state index in [1.54, 1.807) is 0 Å². The molecule has 2 heterocycles. The van der Waals surface area contributed by atoms with Gasteiger partial charge in [-0.15, -0.1) is 0 Å². The predicted molar refractivity (Wildman–Crippen MR) is 114 cm³/mol. The topological polar surface area (TPSA) is 23.6 Å². The van der Waals surface area contributed by atoms with Crippen molar-refractivity contribution in [3.8, 4) is 0 Å². The van der Waals surface area contributed by atoms with Gasteiger partial charge in [-0.1, -0.05) is 33.1 Å².